The molecule has 1 N–H and O–H groups in total. The second-order valence-corrected chi connectivity index (χ2v) is 4.65. The summed E-state index contributed by atoms with van der Waals surface area (Å²) in [5.41, 5.74) is 0.872. The van der Waals surface area contributed by atoms with Crippen LogP contribution in [0.15, 0.2) is 70.9 Å². The summed E-state index contributed by atoms with van der Waals surface area (Å²) in [5.74, 6) is -1.14. The zero-order chi connectivity index (χ0) is 15.5. The molecule has 0 aromatic heterocycles. The lowest BCUT2D eigenvalue weighted by atomic mass is 10.1. The van der Waals surface area contributed by atoms with Crippen LogP contribution < -0.4 is 5.11 Å². The van der Waals surface area contributed by atoms with E-state index in [0.29, 0.717) is 16.5 Å². The molecule has 5 nitrogen and oxygen atoms in total. The van der Waals surface area contributed by atoms with Gasteiger partial charge in [0, 0.05) is 5.39 Å². The Bertz CT molecular complexity index is 888. The van der Waals surface area contributed by atoms with Crippen LogP contribution >= 0.6 is 0 Å². The van der Waals surface area contributed by atoms with Gasteiger partial charge in [-0.2, -0.15) is 0 Å². The smallest absolute Gasteiger partial charge is 0.337 e. The third kappa shape index (κ3) is 2.52. The Morgan fingerprint density at radius 3 is 2.23 bits per heavy atom. The summed E-state index contributed by atoms with van der Waals surface area (Å²) in [7, 11) is 0. The van der Waals surface area contributed by atoms with Gasteiger partial charge >= 0.3 is 5.97 Å². The van der Waals surface area contributed by atoms with Crippen LogP contribution in [0, 0.1) is 0 Å². The van der Waals surface area contributed by atoms with E-state index in [-0.39, 0.29) is 17.0 Å². The zero-order valence-corrected chi connectivity index (χ0v) is 11.4. The molecule has 0 amide bonds. The van der Waals surface area contributed by atoms with Crippen LogP contribution in [0.25, 0.3) is 10.8 Å². The molecule has 3 aromatic carbocycles. The van der Waals surface area contributed by atoms with Crippen LogP contribution in [-0.2, 0) is 0 Å². The summed E-state index contributed by atoms with van der Waals surface area (Å²) < 4.78 is 0. The van der Waals surface area contributed by atoms with Crippen molar-refractivity contribution in [2.75, 3.05) is 0 Å². The number of carboxylic acid groups (broad SMARTS) is 1. The molecule has 0 radical (unpaired) electrons. The Morgan fingerprint density at radius 1 is 0.818 bits per heavy atom. The number of benzene rings is 3. The average Bonchev–Trinajstić information content (AvgIpc) is 2.55. The topological polar surface area (TPSA) is 85.1 Å². The Balaban J connectivity index is 2.08. The highest BCUT2D eigenvalue weighted by Gasteiger charge is 2.08. The highest BCUT2D eigenvalue weighted by atomic mass is 16.4. The van der Waals surface area contributed by atoms with Gasteiger partial charge in [0.15, 0.2) is 0 Å². The van der Waals surface area contributed by atoms with Crippen molar-refractivity contribution in [3.05, 3.63) is 66.2 Å². The van der Waals surface area contributed by atoms with E-state index in [4.69, 9.17) is 5.11 Å². The highest BCUT2D eigenvalue weighted by Crippen LogP contribution is 2.32. The minimum absolute atomic E-state index is 0.0796. The molecule has 0 bridgehead atoms. The molecular formula is C17H11N2O3-. The highest BCUT2D eigenvalue weighted by molar-refractivity contribution is 5.96. The van der Waals surface area contributed by atoms with Gasteiger partial charge < -0.3 is 10.2 Å². The monoisotopic (exact) mass is 291 g/mol. The molecule has 0 atom stereocenters. The zero-order valence-electron chi connectivity index (χ0n) is 11.4. The summed E-state index contributed by atoms with van der Waals surface area (Å²) >= 11 is 0. The number of carbonyl (C=O) groups is 1. The number of hydrogen-bond donors (Lipinski definition) is 1. The first-order valence-corrected chi connectivity index (χ1v) is 6.59. The Kier molecular flexibility index (Phi) is 3.53. The van der Waals surface area contributed by atoms with Gasteiger partial charge in [-0.15, -0.1) is 16.0 Å². The molecule has 0 spiro atoms. The molecule has 3 rings (SSSR count). The van der Waals surface area contributed by atoms with Crippen LogP contribution in [-0.4, -0.2) is 11.1 Å². The van der Waals surface area contributed by atoms with E-state index in [9.17, 15) is 9.90 Å². The molecular weight excluding hydrogens is 280 g/mol. The van der Waals surface area contributed by atoms with E-state index < -0.39 is 5.97 Å². The van der Waals surface area contributed by atoms with Crippen molar-refractivity contribution in [2.24, 2.45) is 10.2 Å². The van der Waals surface area contributed by atoms with Crippen molar-refractivity contribution < 1.29 is 15.0 Å². The summed E-state index contributed by atoms with van der Waals surface area (Å²) in [5, 5.41) is 30.3. The number of hydrogen-bond acceptors (Lipinski definition) is 4. The van der Waals surface area contributed by atoms with Gasteiger partial charge in [0.2, 0.25) is 0 Å². The Morgan fingerprint density at radius 2 is 1.45 bits per heavy atom. The fourth-order valence-corrected chi connectivity index (χ4v) is 2.19. The molecule has 0 heterocycles. The molecule has 0 aliphatic heterocycles. The number of rotatable bonds is 3. The van der Waals surface area contributed by atoms with Crippen molar-refractivity contribution in [1.82, 2.24) is 0 Å². The van der Waals surface area contributed by atoms with E-state index in [1.807, 2.05) is 6.07 Å². The minimum Gasteiger partial charge on any atom is -0.872 e. The Hall–Kier alpha value is -3.21. The molecule has 3 aromatic rings. The van der Waals surface area contributed by atoms with Gasteiger partial charge in [0.1, 0.15) is 5.69 Å². The number of azo groups is 1. The SMILES string of the molecule is O=C(O)c1ccccc1N=Nc1ccc([O-])c2ccccc12. The third-order valence-electron chi connectivity index (χ3n) is 3.26. The summed E-state index contributed by atoms with van der Waals surface area (Å²) in [6.45, 7) is 0. The lowest BCUT2D eigenvalue weighted by Crippen LogP contribution is -1.95. The van der Waals surface area contributed by atoms with Gasteiger partial charge in [-0.05, 0) is 23.6 Å². The first kappa shape index (κ1) is 13.8. The van der Waals surface area contributed by atoms with Crippen molar-refractivity contribution in [3.63, 3.8) is 0 Å². The molecule has 0 saturated carbocycles. The fourth-order valence-electron chi connectivity index (χ4n) is 2.19. The summed E-state index contributed by atoms with van der Waals surface area (Å²) in [4.78, 5) is 11.1. The number of nitrogens with zero attached hydrogens (tertiary/aromatic N) is 2. The first-order valence-electron chi connectivity index (χ1n) is 6.59. The standard InChI is InChI=1S/C17H12N2O3/c20-16-10-9-15(11-5-1-2-6-12(11)16)19-18-14-8-4-3-7-13(14)17(21)22/h1-10,20H,(H,21,22)/p-1. The Labute approximate surface area is 126 Å². The second kappa shape index (κ2) is 5.65. The third-order valence-corrected chi connectivity index (χ3v) is 3.26. The largest absolute Gasteiger partial charge is 0.872 e. The van der Waals surface area contributed by atoms with Gasteiger partial charge in [-0.1, -0.05) is 42.5 Å². The maximum Gasteiger partial charge on any atom is 0.337 e. The fraction of sp³-hybridized carbons (Fsp3) is 0. The summed E-state index contributed by atoms with van der Waals surface area (Å²) in [6.07, 6.45) is 0. The molecule has 22 heavy (non-hydrogen) atoms. The van der Waals surface area contributed by atoms with E-state index in [1.165, 1.54) is 12.1 Å². The average molecular weight is 291 g/mol. The molecule has 0 aliphatic rings. The van der Waals surface area contributed by atoms with Crippen LogP contribution in [0.1, 0.15) is 10.4 Å². The van der Waals surface area contributed by atoms with Gasteiger partial charge in [-0.25, -0.2) is 4.79 Å². The van der Waals surface area contributed by atoms with Gasteiger partial charge in [-0.3, -0.25) is 0 Å². The number of carboxylic acids is 1. The lowest BCUT2D eigenvalue weighted by molar-refractivity contribution is -0.265. The predicted octanol–water partition coefficient (Wildman–Crippen LogP) is 4.03. The van der Waals surface area contributed by atoms with Crippen molar-refractivity contribution in [3.8, 4) is 5.75 Å². The normalized spacial score (nSPS) is 11.1. The van der Waals surface area contributed by atoms with Crippen LogP contribution in [0.3, 0.4) is 0 Å². The molecule has 108 valence electrons. The molecule has 0 fully saturated rings. The minimum atomic E-state index is -1.06. The van der Waals surface area contributed by atoms with E-state index in [0.717, 1.165) is 0 Å². The van der Waals surface area contributed by atoms with Crippen LogP contribution in [0.4, 0.5) is 11.4 Å². The van der Waals surface area contributed by atoms with E-state index >= 15 is 0 Å². The van der Waals surface area contributed by atoms with E-state index in [1.54, 1.807) is 42.5 Å². The maximum atomic E-state index is 11.8. The number of fused-ring (bicyclic) bond motifs is 1. The lowest BCUT2D eigenvalue weighted by Gasteiger charge is -2.11. The van der Waals surface area contributed by atoms with Crippen LogP contribution in [0.2, 0.25) is 0 Å². The first-order chi connectivity index (χ1) is 10.7. The quantitative estimate of drug-likeness (QED) is 0.739. The molecule has 0 saturated heterocycles. The maximum absolute atomic E-state index is 11.8. The summed E-state index contributed by atoms with van der Waals surface area (Å²) in [6, 6.07) is 16.5. The van der Waals surface area contributed by atoms with Crippen molar-refractivity contribution in [1.29, 1.82) is 0 Å². The van der Waals surface area contributed by atoms with E-state index in [2.05, 4.69) is 10.2 Å². The predicted molar refractivity (Wildman–Crippen MR) is 81.0 cm³/mol. The molecule has 0 unspecified atom stereocenters. The second-order valence-electron chi connectivity index (χ2n) is 4.65. The number of aromatic carboxylic acids is 1. The van der Waals surface area contributed by atoms with Crippen LogP contribution in [0.5, 0.6) is 5.75 Å². The van der Waals surface area contributed by atoms with Crippen molar-refractivity contribution in [2.45, 2.75) is 0 Å². The van der Waals surface area contributed by atoms with Gasteiger partial charge in [0.05, 0.1) is 11.3 Å². The molecule has 0 aliphatic carbocycles. The van der Waals surface area contributed by atoms with Gasteiger partial charge in [0.25, 0.3) is 0 Å². The van der Waals surface area contributed by atoms with Crippen molar-refractivity contribution >= 4 is 28.1 Å². The molecule has 5 heteroatoms.